The van der Waals surface area contributed by atoms with Crippen LogP contribution < -0.4 is 60.1 Å². The highest BCUT2D eigenvalue weighted by atomic mass is 35.5. The quantitative estimate of drug-likeness (QED) is 0.231. The lowest BCUT2D eigenvalue weighted by Crippen LogP contribution is -2.56. The van der Waals surface area contributed by atoms with E-state index in [2.05, 4.69) is 0 Å². The summed E-state index contributed by atoms with van der Waals surface area (Å²) in [6.07, 6.45) is 0. The van der Waals surface area contributed by atoms with Crippen LogP contribution in [0.1, 0.15) is 0 Å². The first-order chi connectivity index (χ1) is 17.4. The van der Waals surface area contributed by atoms with Gasteiger partial charge in [0.25, 0.3) is 0 Å². The molecular formula is C24H5B11ClN. The SMILES string of the molecule is [B]c1c([B])c([B])c(-c2c([B])c([B])c([B])c3c2c2c([B])c(Cl)c([B])c([B])c2n3-c2ccccc2)c([B])c1[B]. The predicted molar refractivity (Wildman–Crippen MR) is 170 cm³/mol. The van der Waals surface area contributed by atoms with Crippen molar-refractivity contribution in [2.45, 2.75) is 0 Å². The zero-order valence-electron chi connectivity index (χ0n) is 19.6. The Kier molecular flexibility index (Phi) is 6.51. The largest absolute Gasteiger partial charge is 0.310 e. The fraction of sp³-hybridized carbons (Fsp3) is 0. The van der Waals surface area contributed by atoms with E-state index in [1.165, 1.54) is 0 Å². The maximum absolute atomic E-state index is 6.60. The van der Waals surface area contributed by atoms with Crippen molar-refractivity contribution in [2.75, 3.05) is 0 Å². The number of para-hydroxylation sites is 1. The smallest absolute Gasteiger partial charge is 0.116 e. The third-order valence-electron chi connectivity index (χ3n) is 6.78. The molecule has 0 spiro atoms. The summed E-state index contributed by atoms with van der Waals surface area (Å²) in [5, 5.41) is 0.905. The van der Waals surface area contributed by atoms with Gasteiger partial charge in [0.15, 0.2) is 0 Å². The van der Waals surface area contributed by atoms with Gasteiger partial charge >= 0.3 is 0 Å². The van der Waals surface area contributed by atoms with Crippen molar-refractivity contribution in [3.05, 3.63) is 35.4 Å². The molecule has 146 valence electrons. The molecule has 1 nitrogen and oxygen atoms in total. The molecule has 0 aliphatic heterocycles. The van der Waals surface area contributed by atoms with Gasteiger partial charge in [-0.3, -0.25) is 0 Å². The summed E-state index contributed by atoms with van der Waals surface area (Å²) < 4.78 is 1.79. The average Bonchev–Trinajstić information content (AvgIpc) is 3.25. The molecule has 0 amide bonds. The standard InChI is InChI=1S/C24H5B11ClN/c25-11-7(9-12(26)15(29)18(32)16(30)13(9)27)8-10-14(28)22(36)19(33)21(35)24(10)37(6-4-2-1-3-5-6)23(8)20(34)17(11)31/h1-5H. The lowest BCUT2D eigenvalue weighted by molar-refractivity contribution is 1.19. The lowest BCUT2D eigenvalue weighted by atomic mass is 9.58. The molecule has 5 rings (SSSR count). The minimum absolute atomic E-state index is 0.0335. The summed E-state index contributed by atoms with van der Waals surface area (Å²) in [5.74, 6) is 0. The third kappa shape index (κ3) is 3.54. The van der Waals surface area contributed by atoms with E-state index >= 15 is 0 Å². The number of nitrogens with zero attached hydrogens (tertiary/aromatic N) is 1. The van der Waals surface area contributed by atoms with E-state index in [1.54, 1.807) is 4.57 Å². The van der Waals surface area contributed by atoms with Crippen LogP contribution in [0.25, 0.3) is 38.6 Å². The van der Waals surface area contributed by atoms with E-state index in [-0.39, 0.29) is 70.7 Å². The molecule has 13 heteroatoms. The fourth-order valence-corrected chi connectivity index (χ4v) is 5.04. The van der Waals surface area contributed by atoms with Gasteiger partial charge in [0.2, 0.25) is 0 Å². The summed E-state index contributed by atoms with van der Waals surface area (Å²) in [6, 6.07) is 9.27. The van der Waals surface area contributed by atoms with Crippen molar-refractivity contribution in [3.8, 4) is 16.8 Å². The Morgan fingerprint density at radius 2 is 0.865 bits per heavy atom. The number of benzene rings is 4. The number of fused-ring (bicyclic) bond motifs is 3. The van der Waals surface area contributed by atoms with E-state index in [0.29, 0.717) is 33.1 Å². The first kappa shape index (κ1) is 26.3. The molecular weight excluding hydrogens is 457 g/mol. The second-order valence-corrected chi connectivity index (χ2v) is 9.11. The van der Waals surface area contributed by atoms with Crippen LogP contribution in [0.4, 0.5) is 0 Å². The third-order valence-corrected chi connectivity index (χ3v) is 7.18. The van der Waals surface area contributed by atoms with Gasteiger partial charge in [-0.25, -0.2) is 0 Å². The highest BCUT2D eigenvalue weighted by Crippen LogP contribution is 2.34. The van der Waals surface area contributed by atoms with E-state index in [0.717, 1.165) is 0 Å². The van der Waals surface area contributed by atoms with Crippen LogP contribution in [-0.2, 0) is 0 Å². The van der Waals surface area contributed by atoms with Gasteiger partial charge in [-0.1, -0.05) is 68.0 Å². The van der Waals surface area contributed by atoms with Gasteiger partial charge in [-0.2, -0.15) is 0 Å². The second kappa shape index (κ2) is 9.16. The maximum atomic E-state index is 6.60. The van der Waals surface area contributed by atoms with Crippen molar-refractivity contribution in [2.24, 2.45) is 0 Å². The average molecular weight is 462 g/mol. The van der Waals surface area contributed by atoms with Crippen LogP contribution in [0, 0.1) is 0 Å². The van der Waals surface area contributed by atoms with Crippen LogP contribution in [0.15, 0.2) is 30.3 Å². The number of aromatic nitrogens is 1. The van der Waals surface area contributed by atoms with Crippen molar-refractivity contribution in [3.63, 3.8) is 0 Å². The Morgan fingerprint density at radius 3 is 1.43 bits per heavy atom. The Balaban J connectivity index is 2.21. The molecule has 4 aromatic carbocycles. The topological polar surface area (TPSA) is 4.93 Å². The molecule has 0 bridgehead atoms. The van der Waals surface area contributed by atoms with Crippen molar-refractivity contribution >= 4 is 180 Å². The van der Waals surface area contributed by atoms with Crippen LogP contribution in [-0.4, -0.2) is 90.9 Å². The molecule has 0 unspecified atom stereocenters. The first-order valence-electron chi connectivity index (χ1n) is 10.9. The van der Waals surface area contributed by atoms with E-state index in [9.17, 15) is 0 Å². The van der Waals surface area contributed by atoms with Crippen molar-refractivity contribution in [1.82, 2.24) is 4.57 Å². The van der Waals surface area contributed by atoms with E-state index < -0.39 is 0 Å². The molecule has 0 saturated carbocycles. The van der Waals surface area contributed by atoms with Crippen molar-refractivity contribution < 1.29 is 0 Å². The van der Waals surface area contributed by atoms with E-state index in [1.807, 2.05) is 30.3 Å². The molecule has 0 aliphatic carbocycles. The highest BCUT2D eigenvalue weighted by molar-refractivity contribution is 6.71. The minimum atomic E-state index is 0.0335. The van der Waals surface area contributed by atoms with Gasteiger partial charge in [0, 0.05) is 32.5 Å². The summed E-state index contributed by atoms with van der Waals surface area (Å²) in [7, 11) is 70.3. The van der Waals surface area contributed by atoms with Gasteiger partial charge in [0.05, 0.1) is 0 Å². The van der Waals surface area contributed by atoms with Gasteiger partial charge in [-0.05, 0) is 23.3 Å². The van der Waals surface area contributed by atoms with Gasteiger partial charge < -0.3 is 4.57 Å². The monoisotopic (exact) mass is 463 g/mol. The summed E-state index contributed by atoms with van der Waals surface area (Å²) >= 11 is 6.53. The normalized spacial score (nSPS) is 11.5. The fourth-order valence-electron chi connectivity index (χ4n) is 4.84. The van der Waals surface area contributed by atoms with Gasteiger partial charge in [0.1, 0.15) is 86.3 Å². The molecule has 0 atom stereocenters. The Hall–Kier alpha value is -2.32. The summed E-state index contributed by atoms with van der Waals surface area (Å²) in [6.45, 7) is 0. The molecule has 0 fully saturated rings. The zero-order valence-corrected chi connectivity index (χ0v) is 20.3. The second-order valence-electron chi connectivity index (χ2n) is 8.73. The van der Waals surface area contributed by atoms with E-state index in [4.69, 9.17) is 97.9 Å². The van der Waals surface area contributed by atoms with Crippen LogP contribution >= 0.6 is 11.6 Å². The molecule has 5 aromatic rings. The van der Waals surface area contributed by atoms with Crippen LogP contribution in [0.5, 0.6) is 0 Å². The van der Waals surface area contributed by atoms with Crippen LogP contribution in [0.3, 0.4) is 0 Å². The van der Waals surface area contributed by atoms with Crippen LogP contribution in [0.2, 0.25) is 5.02 Å². The number of hydrogen-bond donors (Lipinski definition) is 0. The number of halogens is 1. The Labute approximate surface area is 235 Å². The predicted octanol–water partition coefficient (Wildman–Crippen LogP) is -6.16. The highest BCUT2D eigenvalue weighted by Gasteiger charge is 2.26. The van der Waals surface area contributed by atoms with Crippen molar-refractivity contribution in [1.29, 1.82) is 0 Å². The molecule has 1 aromatic heterocycles. The van der Waals surface area contributed by atoms with Gasteiger partial charge in [-0.15, -0.1) is 21.9 Å². The number of hydrogen-bond acceptors (Lipinski definition) is 0. The summed E-state index contributed by atoms with van der Waals surface area (Å²) in [4.78, 5) is 0. The maximum Gasteiger partial charge on any atom is 0.116 e. The summed E-state index contributed by atoms with van der Waals surface area (Å²) in [5.41, 5.74) is 3.01. The zero-order chi connectivity index (χ0) is 27.1. The number of rotatable bonds is 2. The lowest BCUT2D eigenvalue weighted by Gasteiger charge is -2.25. The molecule has 0 aliphatic rings. The minimum Gasteiger partial charge on any atom is -0.310 e. The first-order valence-corrected chi connectivity index (χ1v) is 11.3. The molecule has 22 radical (unpaired) electrons. The Bertz CT molecular complexity index is 1770. The molecule has 37 heavy (non-hydrogen) atoms. The molecule has 1 heterocycles. The molecule has 0 N–H and O–H groups in total. The Morgan fingerprint density at radius 1 is 0.432 bits per heavy atom. The molecule has 0 saturated heterocycles.